The number of nitrogens with zero attached hydrogens (tertiary/aromatic N) is 1. The maximum atomic E-state index is 13.2. The molecular formula is C25H34N4O5. The average Bonchev–Trinajstić information content (AvgIpc) is 2.87. The number of amides is 3. The van der Waals surface area contributed by atoms with Gasteiger partial charge in [0.2, 0.25) is 5.91 Å². The van der Waals surface area contributed by atoms with Gasteiger partial charge in [-0.15, -0.1) is 0 Å². The van der Waals surface area contributed by atoms with E-state index in [-0.39, 0.29) is 37.0 Å². The van der Waals surface area contributed by atoms with Gasteiger partial charge in [-0.1, -0.05) is 6.92 Å². The van der Waals surface area contributed by atoms with Crippen LogP contribution in [0.4, 0.5) is 16.2 Å². The predicted octanol–water partition coefficient (Wildman–Crippen LogP) is 2.71. The number of ether oxygens (including phenoxy) is 2. The zero-order chi connectivity index (χ0) is 24.7. The van der Waals surface area contributed by atoms with Crippen molar-refractivity contribution < 1.29 is 24.2 Å². The van der Waals surface area contributed by atoms with Gasteiger partial charge >= 0.3 is 6.03 Å². The van der Waals surface area contributed by atoms with Crippen molar-refractivity contribution >= 4 is 23.3 Å². The van der Waals surface area contributed by atoms with Crippen LogP contribution in [0, 0.1) is 5.92 Å². The van der Waals surface area contributed by atoms with Gasteiger partial charge in [0.25, 0.3) is 0 Å². The van der Waals surface area contributed by atoms with Crippen molar-refractivity contribution in [3.8, 4) is 11.5 Å². The van der Waals surface area contributed by atoms with Crippen molar-refractivity contribution in [2.45, 2.75) is 32.4 Å². The Hall–Kier alpha value is -3.30. The normalized spacial score (nSPS) is 19.1. The SMILES string of the molecule is CNC[C@H]1Oc2ccc(NC(=O)Nc3ccc(OC)cc3)cc2CC(=O)N([C@H](C)CO)C[C@@H]1C. The van der Waals surface area contributed by atoms with E-state index in [1.807, 2.05) is 20.9 Å². The van der Waals surface area contributed by atoms with Crippen molar-refractivity contribution in [1.82, 2.24) is 10.2 Å². The fourth-order valence-electron chi connectivity index (χ4n) is 3.92. The van der Waals surface area contributed by atoms with Crippen LogP contribution in [-0.2, 0) is 11.2 Å². The Balaban J connectivity index is 1.81. The number of nitrogens with one attached hydrogen (secondary N) is 3. The highest BCUT2D eigenvalue weighted by molar-refractivity contribution is 6.00. The van der Waals surface area contributed by atoms with Gasteiger partial charge < -0.3 is 35.4 Å². The first kappa shape index (κ1) is 25.3. The molecule has 3 amide bonds. The molecule has 1 heterocycles. The number of aliphatic hydroxyl groups excluding tert-OH is 1. The maximum absolute atomic E-state index is 13.2. The van der Waals surface area contributed by atoms with Crippen molar-refractivity contribution in [3.63, 3.8) is 0 Å². The van der Waals surface area contributed by atoms with Crippen LogP contribution in [0.2, 0.25) is 0 Å². The summed E-state index contributed by atoms with van der Waals surface area (Å²) >= 11 is 0. The van der Waals surface area contributed by atoms with E-state index in [9.17, 15) is 14.7 Å². The highest BCUT2D eigenvalue weighted by atomic mass is 16.5. The van der Waals surface area contributed by atoms with E-state index in [0.29, 0.717) is 41.5 Å². The van der Waals surface area contributed by atoms with Crippen LogP contribution in [0.1, 0.15) is 19.4 Å². The molecule has 2 aromatic carbocycles. The van der Waals surface area contributed by atoms with E-state index < -0.39 is 6.03 Å². The molecule has 1 aliphatic heterocycles. The second-order valence-corrected chi connectivity index (χ2v) is 8.58. The smallest absolute Gasteiger partial charge is 0.323 e. The number of hydrogen-bond donors (Lipinski definition) is 4. The summed E-state index contributed by atoms with van der Waals surface area (Å²) in [4.78, 5) is 27.4. The fourth-order valence-corrected chi connectivity index (χ4v) is 3.92. The summed E-state index contributed by atoms with van der Waals surface area (Å²) in [6.45, 7) is 4.85. The third-order valence-corrected chi connectivity index (χ3v) is 5.93. The van der Waals surface area contributed by atoms with Crippen LogP contribution in [0.5, 0.6) is 11.5 Å². The lowest BCUT2D eigenvalue weighted by molar-refractivity contribution is -0.134. The monoisotopic (exact) mass is 470 g/mol. The molecule has 0 bridgehead atoms. The number of aliphatic hydroxyl groups is 1. The number of likely N-dealkylation sites (N-methyl/N-ethyl adjacent to an activating group) is 1. The van der Waals surface area contributed by atoms with Crippen LogP contribution < -0.4 is 25.4 Å². The van der Waals surface area contributed by atoms with Crippen LogP contribution in [0.3, 0.4) is 0 Å². The molecule has 1 aliphatic rings. The molecule has 3 rings (SSSR count). The molecule has 0 saturated carbocycles. The molecular weight excluding hydrogens is 436 g/mol. The number of rotatable bonds is 7. The van der Waals surface area contributed by atoms with Gasteiger partial charge in [0.1, 0.15) is 17.6 Å². The van der Waals surface area contributed by atoms with Crippen LogP contribution in [-0.4, -0.2) is 67.9 Å². The molecule has 2 aromatic rings. The lowest BCUT2D eigenvalue weighted by atomic mass is 10.0. The second-order valence-electron chi connectivity index (χ2n) is 8.58. The minimum atomic E-state index is -0.405. The largest absolute Gasteiger partial charge is 0.497 e. The van der Waals surface area contributed by atoms with Gasteiger partial charge in [0.05, 0.1) is 26.2 Å². The van der Waals surface area contributed by atoms with Gasteiger partial charge in [0.15, 0.2) is 0 Å². The number of hydrogen-bond acceptors (Lipinski definition) is 6. The van der Waals surface area contributed by atoms with E-state index in [0.717, 1.165) is 0 Å². The third kappa shape index (κ3) is 6.39. The number of carbonyl (C=O) groups is 2. The molecule has 4 N–H and O–H groups in total. The van der Waals surface area contributed by atoms with Crippen molar-refractivity contribution in [1.29, 1.82) is 0 Å². The van der Waals surface area contributed by atoms with Gasteiger partial charge in [-0.2, -0.15) is 0 Å². The number of fused-ring (bicyclic) bond motifs is 1. The maximum Gasteiger partial charge on any atom is 0.323 e. The number of anilines is 2. The Labute approximate surface area is 200 Å². The summed E-state index contributed by atoms with van der Waals surface area (Å²) < 4.78 is 11.4. The van der Waals surface area contributed by atoms with Crippen molar-refractivity contribution in [2.75, 3.05) is 44.5 Å². The topological polar surface area (TPSA) is 112 Å². The van der Waals surface area contributed by atoms with Crippen LogP contribution in [0.15, 0.2) is 42.5 Å². The molecule has 9 heteroatoms. The van der Waals surface area contributed by atoms with Crippen molar-refractivity contribution in [2.24, 2.45) is 5.92 Å². The molecule has 0 unspecified atom stereocenters. The molecule has 3 atom stereocenters. The van der Waals surface area contributed by atoms with Gasteiger partial charge in [-0.25, -0.2) is 4.79 Å². The fraction of sp³-hybridized carbons (Fsp3) is 0.440. The minimum Gasteiger partial charge on any atom is -0.497 e. The summed E-state index contributed by atoms with van der Waals surface area (Å²) in [5.41, 5.74) is 1.84. The van der Waals surface area contributed by atoms with E-state index >= 15 is 0 Å². The third-order valence-electron chi connectivity index (χ3n) is 5.93. The molecule has 0 aliphatic carbocycles. The summed E-state index contributed by atoms with van der Waals surface area (Å²) in [6, 6.07) is 11.6. The highest BCUT2D eigenvalue weighted by Gasteiger charge is 2.30. The summed E-state index contributed by atoms with van der Waals surface area (Å²) in [5.74, 6) is 1.26. The summed E-state index contributed by atoms with van der Waals surface area (Å²) in [5, 5.41) is 18.4. The Bertz CT molecular complexity index is 982. The first-order valence-corrected chi connectivity index (χ1v) is 11.4. The number of methoxy groups -OCH3 is 1. The van der Waals surface area contributed by atoms with Gasteiger partial charge in [-0.3, -0.25) is 4.79 Å². The van der Waals surface area contributed by atoms with Crippen molar-refractivity contribution in [3.05, 3.63) is 48.0 Å². The zero-order valence-electron chi connectivity index (χ0n) is 20.1. The quantitative estimate of drug-likeness (QED) is 0.495. The Morgan fingerprint density at radius 3 is 2.53 bits per heavy atom. The Kier molecular flexibility index (Phi) is 8.72. The van der Waals surface area contributed by atoms with Crippen LogP contribution in [0.25, 0.3) is 0 Å². The summed E-state index contributed by atoms with van der Waals surface area (Å²) in [7, 11) is 3.44. The molecule has 0 fully saturated rings. The van der Waals surface area contributed by atoms with E-state index in [2.05, 4.69) is 16.0 Å². The molecule has 0 spiro atoms. The van der Waals surface area contributed by atoms with Gasteiger partial charge in [0, 0.05) is 35.9 Å². The molecule has 9 nitrogen and oxygen atoms in total. The minimum absolute atomic E-state index is 0.0458. The molecule has 184 valence electrons. The molecule has 0 saturated heterocycles. The lowest BCUT2D eigenvalue weighted by Gasteiger charge is -2.32. The van der Waals surface area contributed by atoms with Crippen LogP contribution >= 0.6 is 0 Å². The molecule has 0 radical (unpaired) electrons. The standard InChI is InChI=1S/C25H34N4O5/c1-16-14-29(17(2)15-30)24(31)12-18-11-20(7-10-22(18)34-23(16)13-26-3)28-25(32)27-19-5-8-21(33-4)9-6-19/h5-11,16-17,23,26,30H,12-15H2,1-4H3,(H2,27,28,32)/t16-,17+,23+/m0/s1. The lowest BCUT2D eigenvalue weighted by Crippen LogP contribution is -2.47. The number of carbonyl (C=O) groups excluding carboxylic acids is 2. The van der Waals surface area contributed by atoms with E-state index in [4.69, 9.17) is 9.47 Å². The van der Waals surface area contributed by atoms with E-state index in [1.165, 1.54) is 0 Å². The summed E-state index contributed by atoms with van der Waals surface area (Å²) in [6.07, 6.45) is -0.0610. The highest BCUT2D eigenvalue weighted by Crippen LogP contribution is 2.29. The predicted molar refractivity (Wildman–Crippen MR) is 132 cm³/mol. The molecule has 34 heavy (non-hydrogen) atoms. The Morgan fingerprint density at radius 1 is 1.21 bits per heavy atom. The first-order chi connectivity index (χ1) is 16.3. The number of urea groups is 1. The van der Waals surface area contributed by atoms with E-state index in [1.54, 1.807) is 54.5 Å². The molecule has 0 aromatic heterocycles. The second kappa shape index (κ2) is 11.7. The van der Waals surface area contributed by atoms with Gasteiger partial charge in [-0.05, 0) is 56.4 Å². The average molecular weight is 471 g/mol. The first-order valence-electron chi connectivity index (χ1n) is 11.4. The Morgan fingerprint density at radius 2 is 1.88 bits per heavy atom. The number of benzene rings is 2. The zero-order valence-corrected chi connectivity index (χ0v) is 20.1.